The van der Waals surface area contributed by atoms with Gasteiger partial charge in [0, 0.05) is 36.4 Å². The molecule has 0 saturated heterocycles. The zero-order chi connectivity index (χ0) is 21.8. The fourth-order valence-corrected chi connectivity index (χ4v) is 3.32. The maximum Gasteiger partial charge on any atom is 0.163 e. The van der Waals surface area contributed by atoms with Crippen LogP contribution in [0.4, 0.5) is 10.2 Å². The molecule has 0 radical (unpaired) electrons. The molecule has 7 heteroatoms. The fourth-order valence-electron chi connectivity index (χ4n) is 3.32. The lowest BCUT2D eigenvalue weighted by atomic mass is 10.0. The Morgan fingerprint density at radius 3 is 2.48 bits per heavy atom. The Hall–Kier alpha value is -3.58. The Balaban J connectivity index is 1.89. The van der Waals surface area contributed by atoms with E-state index in [0.29, 0.717) is 29.5 Å². The molecule has 0 fully saturated rings. The summed E-state index contributed by atoms with van der Waals surface area (Å²) in [5.41, 5.74) is 3.31. The first-order valence-corrected chi connectivity index (χ1v) is 10.00. The van der Waals surface area contributed by atoms with Gasteiger partial charge >= 0.3 is 0 Å². The summed E-state index contributed by atoms with van der Waals surface area (Å²) < 4.78 is 19.1. The number of fused-ring (bicyclic) bond motifs is 1. The summed E-state index contributed by atoms with van der Waals surface area (Å²) in [6.45, 7) is 1.57. The number of benzene rings is 2. The van der Waals surface area contributed by atoms with Gasteiger partial charge in [0.2, 0.25) is 0 Å². The highest BCUT2D eigenvalue weighted by Crippen LogP contribution is 2.35. The van der Waals surface area contributed by atoms with Crippen LogP contribution in [0.25, 0.3) is 33.4 Å². The molecule has 2 aromatic heterocycles. The molecule has 0 aliphatic carbocycles. The molecule has 0 aliphatic heterocycles. The molecule has 6 nitrogen and oxygen atoms in total. The predicted molar refractivity (Wildman–Crippen MR) is 122 cm³/mol. The summed E-state index contributed by atoms with van der Waals surface area (Å²) in [5.74, 6) is 1.64. The zero-order valence-electron chi connectivity index (χ0n) is 17.8. The summed E-state index contributed by atoms with van der Waals surface area (Å²) in [5, 5.41) is 4.28. The van der Waals surface area contributed by atoms with E-state index >= 15 is 0 Å². The summed E-state index contributed by atoms with van der Waals surface area (Å²) in [6.07, 6.45) is 3.46. The third kappa shape index (κ3) is 4.62. The van der Waals surface area contributed by atoms with Crippen LogP contribution in [0.1, 0.15) is 0 Å². The number of anilines is 1. The summed E-state index contributed by atoms with van der Waals surface area (Å²) >= 11 is 0. The molecule has 4 rings (SSSR count). The number of nitrogens with one attached hydrogen (secondary N) is 1. The molecule has 0 atom stereocenters. The van der Waals surface area contributed by atoms with Gasteiger partial charge < -0.3 is 15.0 Å². The Morgan fingerprint density at radius 1 is 1.00 bits per heavy atom. The van der Waals surface area contributed by atoms with E-state index < -0.39 is 0 Å². The molecule has 4 aromatic rings. The van der Waals surface area contributed by atoms with E-state index in [1.54, 1.807) is 31.6 Å². The molecule has 0 amide bonds. The van der Waals surface area contributed by atoms with Crippen molar-refractivity contribution in [3.63, 3.8) is 0 Å². The van der Waals surface area contributed by atoms with E-state index in [9.17, 15) is 4.39 Å². The van der Waals surface area contributed by atoms with Crippen molar-refractivity contribution in [3.8, 4) is 28.3 Å². The van der Waals surface area contributed by atoms with Gasteiger partial charge in [0.1, 0.15) is 22.9 Å². The normalized spacial score (nSPS) is 11.1. The van der Waals surface area contributed by atoms with Gasteiger partial charge in [-0.1, -0.05) is 12.1 Å². The van der Waals surface area contributed by atoms with Crippen LogP contribution in [0.2, 0.25) is 0 Å². The van der Waals surface area contributed by atoms with Crippen LogP contribution in [0.5, 0.6) is 5.75 Å². The molecule has 2 aromatic carbocycles. The fraction of sp³-hybridized carbons (Fsp3) is 0.208. The first-order valence-electron chi connectivity index (χ1n) is 10.00. The van der Waals surface area contributed by atoms with Gasteiger partial charge in [0.25, 0.3) is 0 Å². The zero-order valence-corrected chi connectivity index (χ0v) is 17.8. The van der Waals surface area contributed by atoms with Crippen molar-refractivity contribution in [2.45, 2.75) is 0 Å². The second kappa shape index (κ2) is 9.06. The van der Waals surface area contributed by atoms with Crippen molar-refractivity contribution in [1.29, 1.82) is 0 Å². The molecule has 1 N–H and O–H groups in total. The number of hydrogen-bond acceptors (Lipinski definition) is 6. The largest absolute Gasteiger partial charge is 0.494 e. The monoisotopic (exact) mass is 417 g/mol. The second-order valence-electron chi connectivity index (χ2n) is 7.45. The van der Waals surface area contributed by atoms with Gasteiger partial charge in [-0.25, -0.2) is 14.4 Å². The number of rotatable bonds is 7. The number of methoxy groups -OCH3 is 1. The van der Waals surface area contributed by atoms with Crippen LogP contribution in [0.3, 0.4) is 0 Å². The SMILES string of the molecule is COc1cc(-c2ccc(F)cc2)cc2c(NCCN(C)C)nc(-c3cccnc3)nc12. The number of pyridine rings is 1. The summed E-state index contributed by atoms with van der Waals surface area (Å²) in [7, 11) is 5.67. The highest BCUT2D eigenvalue weighted by molar-refractivity contribution is 5.97. The highest BCUT2D eigenvalue weighted by Gasteiger charge is 2.15. The molecule has 0 aliphatic rings. The van der Waals surface area contributed by atoms with Gasteiger partial charge in [0.05, 0.1) is 7.11 Å². The highest BCUT2D eigenvalue weighted by atomic mass is 19.1. The van der Waals surface area contributed by atoms with E-state index in [1.807, 2.05) is 38.4 Å². The summed E-state index contributed by atoms with van der Waals surface area (Å²) in [6, 6.07) is 14.1. The molecule has 0 bridgehead atoms. The van der Waals surface area contributed by atoms with Gasteiger partial charge in [0.15, 0.2) is 5.82 Å². The predicted octanol–water partition coefficient (Wildman–Crippen LogP) is 4.48. The molecule has 2 heterocycles. The van der Waals surface area contributed by atoms with Crippen LogP contribution in [0, 0.1) is 5.82 Å². The minimum atomic E-state index is -0.271. The third-order valence-electron chi connectivity index (χ3n) is 4.93. The van der Waals surface area contributed by atoms with Crippen molar-refractivity contribution in [2.24, 2.45) is 0 Å². The molecule has 0 saturated carbocycles. The lowest BCUT2D eigenvalue weighted by Gasteiger charge is -2.16. The van der Waals surface area contributed by atoms with Crippen LogP contribution < -0.4 is 10.1 Å². The second-order valence-corrected chi connectivity index (χ2v) is 7.45. The van der Waals surface area contributed by atoms with E-state index in [4.69, 9.17) is 14.7 Å². The summed E-state index contributed by atoms with van der Waals surface area (Å²) in [4.78, 5) is 15.9. The molecular weight excluding hydrogens is 393 g/mol. The Labute approximate surface area is 180 Å². The molecule has 0 spiro atoms. The lowest BCUT2D eigenvalue weighted by Crippen LogP contribution is -2.21. The minimum absolute atomic E-state index is 0.271. The first-order chi connectivity index (χ1) is 15.0. The average Bonchev–Trinajstić information content (AvgIpc) is 2.79. The Bertz CT molecular complexity index is 1180. The first kappa shape index (κ1) is 20.7. The average molecular weight is 417 g/mol. The standard InChI is InChI=1S/C24H24FN5O/c1-30(2)12-11-27-24-20-13-18(16-6-8-19(25)9-7-16)14-21(31-3)22(20)28-23(29-24)17-5-4-10-26-15-17/h4-10,13-15H,11-12H2,1-3H3,(H,27,28,29). The van der Waals surface area contributed by atoms with Gasteiger partial charge in [-0.15, -0.1) is 0 Å². The Morgan fingerprint density at radius 2 is 1.81 bits per heavy atom. The van der Waals surface area contributed by atoms with E-state index in [2.05, 4.69) is 15.2 Å². The number of halogens is 1. The molecule has 158 valence electrons. The number of hydrogen-bond donors (Lipinski definition) is 1. The van der Waals surface area contributed by atoms with Gasteiger partial charge in [-0.05, 0) is 61.6 Å². The Kier molecular flexibility index (Phi) is 6.04. The maximum absolute atomic E-state index is 13.4. The van der Waals surface area contributed by atoms with Crippen molar-refractivity contribution >= 4 is 16.7 Å². The molecule has 31 heavy (non-hydrogen) atoms. The number of nitrogens with zero attached hydrogens (tertiary/aromatic N) is 4. The topological polar surface area (TPSA) is 63.2 Å². The van der Waals surface area contributed by atoms with Gasteiger partial charge in [-0.3, -0.25) is 4.98 Å². The van der Waals surface area contributed by atoms with E-state index in [1.165, 1.54) is 12.1 Å². The quantitative estimate of drug-likeness (QED) is 0.478. The smallest absolute Gasteiger partial charge is 0.163 e. The van der Waals surface area contributed by atoms with Gasteiger partial charge in [-0.2, -0.15) is 0 Å². The van der Waals surface area contributed by atoms with E-state index in [-0.39, 0.29) is 5.82 Å². The number of aromatic nitrogens is 3. The maximum atomic E-state index is 13.4. The molecular formula is C24H24FN5O. The number of ether oxygens (including phenoxy) is 1. The van der Waals surface area contributed by atoms with Crippen LogP contribution >= 0.6 is 0 Å². The van der Waals surface area contributed by atoms with Crippen LogP contribution in [0.15, 0.2) is 60.9 Å². The minimum Gasteiger partial charge on any atom is -0.494 e. The third-order valence-corrected chi connectivity index (χ3v) is 4.93. The van der Waals surface area contributed by atoms with Crippen LogP contribution in [-0.2, 0) is 0 Å². The van der Waals surface area contributed by atoms with E-state index in [0.717, 1.165) is 28.6 Å². The molecule has 0 unspecified atom stereocenters. The number of likely N-dealkylation sites (N-methyl/N-ethyl adjacent to an activating group) is 1. The van der Waals surface area contributed by atoms with Crippen molar-refractivity contribution in [2.75, 3.05) is 39.6 Å². The van der Waals surface area contributed by atoms with Crippen molar-refractivity contribution in [1.82, 2.24) is 19.9 Å². The van der Waals surface area contributed by atoms with Crippen LogP contribution in [-0.4, -0.2) is 54.1 Å². The van der Waals surface area contributed by atoms with Crippen molar-refractivity contribution < 1.29 is 9.13 Å². The lowest BCUT2D eigenvalue weighted by molar-refractivity contribution is 0.419. The van der Waals surface area contributed by atoms with Crippen molar-refractivity contribution in [3.05, 3.63) is 66.7 Å².